The quantitative estimate of drug-likeness (QED) is 0.863. The van der Waals surface area contributed by atoms with Crippen molar-refractivity contribution < 1.29 is 9.53 Å². The van der Waals surface area contributed by atoms with E-state index in [9.17, 15) is 4.79 Å². The fourth-order valence-electron chi connectivity index (χ4n) is 2.48. The molecule has 0 saturated carbocycles. The lowest BCUT2D eigenvalue weighted by molar-refractivity contribution is 0.102. The average Bonchev–Trinajstić information content (AvgIpc) is 3.04. The van der Waals surface area contributed by atoms with Gasteiger partial charge in [-0.15, -0.1) is 5.10 Å². The molecule has 7 nitrogen and oxygen atoms in total. The molecule has 2 aliphatic heterocycles. The van der Waals surface area contributed by atoms with Gasteiger partial charge in [-0.3, -0.25) is 4.79 Å². The second kappa shape index (κ2) is 4.85. The van der Waals surface area contributed by atoms with Gasteiger partial charge in [-0.1, -0.05) is 5.21 Å². The summed E-state index contributed by atoms with van der Waals surface area (Å²) in [6.07, 6.45) is 2.57. The third-order valence-corrected chi connectivity index (χ3v) is 3.82. The highest BCUT2D eigenvalue weighted by atomic mass is 16.5. The molecule has 2 aliphatic rings. The SMILES string of the molecule is O=C(Nc1ccc2c(c1)CCO2)c1cn(C2CNC2)nn1. The van der Waals surface area contributed by atoms with Gasteiger partial charge >= 0.3 is 0 Å². The summed E-state index contributed by atoms with van der Waals surface area (Å²) in [6.45, 7) is 2.45. The van der Waals surface area contributed by atoms with Crippen LogP contribution in [-0.4, -0.2) is 40.6 Å². The number of fused-ring (bicyclic) bond motifs is 1. The summed E-state index contributed by atoms with van der Waals surface area (Å²) in [7, 11) is 0. The van der Waals surface area contributed by atoms with Gasteiger partial charge in [-0.05, 0) is 23.8 Å². The predicted molar refractivity (Wildman–Crippen MR) is 75.5 cm³/mol. The lowest BCUT2D eigenvalue weighted by Crippen LogP contribution is -2.43. The van der Waals surface area contributed by atoms with Crippen molar-refractivity contribution in [2.75, 3.05) is 25.0 Å². The highest BCUT2D eigenvalue weighted by Crippen LogP contribution is 2.27. The van der Waals surface area contributed by atoms with E-state index in [1.165, 1.54) is 0 Å². The highest BCUT2D eigenvalue weighted by molar-refractivity contribution is 6.02. The Kier molecular flexibility index (Phi) is 2.85. The maximum atomic E-state index is 12.2. The monoisotopic (exact) mass is 285 g/mol. The van der Waals surface area contributed by atoms with Crippen molar-refractivity contribution in [3.63, 3.8) is 0 Å². The molecule has 108 valence electrons. The Bertz CT molecular complexity index is 692. The van der Waals surface area contributed by atoms with Gasteiger partial charge in [0.2, 0.25) is 0 Å². The minimum Gasteiger partial charge on any atom is -0.493 e. The number of rotatable bonds is 3. The molecule has 3 heterocycles. The zero-order valence-electron chi connectivity index (χ0n) is 11.4. The van der Waals surface area contributed by atoms with Crippen LogP contribution in [-0.2, 0) is 6.42 Å². The van der Waals surface area contributed by atoms with Gasteiger partial charge in [0.05, 0.1) is 18.8 Å². The van der Waals surface area contributed by atoms with E-state index in [2.05, 4.69) is 20.9 Å². The topological polar surface area (TPSA) is 81.1 Å². The van der Waals surface area contributed by atoms with Crippen molar-refractivity contribution in [3.8, 4) is 5.75 Å². The standard InChI is InChI=1S/C14H15N5O2/c20-14(12-8-19(18-17-12)11-6-15-7-11)16-10-1-2-13-9(5-10)3-4-21-13/h1-2,5,8,11,15H,3-4,6-7H2,(H,16,20). The van der Waals surface area contributed by atoms with Crippen molar-refractivity contribution in [3.05, 3.63) is 35.7 Å². The summed E-state index contributed by atoms with van der Waals surface area (Å²) >= 11 is 0. The van der Waals surface area contributed by atoms with Gasteiger partial charge in [0.15, 0.2) is 5.69 Å². The molecule has 21 heavy (non-hydrogen) atoms. The van der Waals surface area contributed by atoms with E-state index >= 15 is 0 Å². The van der Waals surface area contributed by atoms with E-state index in [1.807, 2.05) is 18.2 Å². The Balaban J connectivity index is 1.48. The van der Waals surface area contributed by atoms with Gasteiger partial charge < -0.3 is 15.4 Å². The molecule has 4 rings (SSSR count). The summed E-state index contributed by atoms with van der Waals surface area (Å²) in [5.74, 6) is 0.656. The number of aromatic nitrogens is 3. The molecule has 1 fully saturated rings. The molecule has 0 unspecified atom stereocenters. The van der Waals surface area contributed by atoms with Crippen LogP contribution in [0.25, 0.3) is 0 Å². The molecule has 0 spiro atoms. The summed E-state index contributed by atoms with van der Waals surface area (Å²) in [6, 6.07) is 5.97. The number of amides is 1. The zero-order chi connectivity index (χ0) is 14.2. The Morgan fingerprint density at radius 3 is 3.14 bits per heavy atom. The summed E-state index contributed by atoms with van der Waals surface area (Å²) < 4.78 is 7.19. The van der Waals surface area contributed by atoms with Crippen LogP contribution in [0.1, 0.15) is 22.1 Å². The minimum absolute atomic E-state index is 0.243. The molecule has 0 atom stereocenters. The van der Waals surface area contributed by atoms with E-state index in [1.54, 1.807) is 10.9 Å². The third-order valence-electron chi connectivity index (χ3n) is 3.82. The van der Waals surface area contributed by atoms with Crippen molar-refractivity contribution >= 4 is 11.6 Å². The second-order valence-corrected chi connectivity index (χ2v) is 5.27. The van der Waals surface area contributed by atoms with Gasteiger partial charge in [-0.25, -0.2) is 4.68 Å². The number of hydrogen-bond donors (Lipinski definition) is 2. The maximum absolute atomic E-state index is 12.2. The van der Waals surface area contributed by atoms with Crippen LogP contribution in [0.2, 0.25) is 0 Å². The van der Waals surface area contributed by atoms with Crippen LogP contribution in [0.5, 0.6) is 5.75 Å². The summed E-state index contributed by atoms with van der Waals surface area (Å²) in [4.78, 5) is 12.2. The Morgan fingerprint density at radius 1 is 1.43 bits per heavy atom. The van der Waals surface area contributed by atoms with Crippen LogP contribution >= 0.6 is 0 Å². The number of anilines is 1. The van der Waals surface area contributed by atoms with Crippen LogP contribution < -0.4 is 15.4 Å². The molecule has 1 amide bonds. The molecule has 2 N–H and O–H groups in total. The fraction of sp³-hybridized carbons (Fsp3) is 0.357. The first-order valence-corrected chi connectivity index (χ1v) is 6.99. The van der Waals surface area contributed by atoms with Gasteiger partial charge in [0, 0.05) is 25.2 Å². The average molecular weight is 285 g/mol. The largest absolute Gasteiger partial charge is 0.493 e. The number of hydrogen-bond acceptors (Lipinski definition) is 5. The van der Waals surface area contributed by atoms with Crippen molar-refractivity contribution in [1.29, 1.82) is 0 Å². The Morgan fingerprint density at radius 2 is 2.33 bits per heavy atom. The molecule has 2 aromatic rings. The zero-order valence-corrected chi connectivity index (χ0v) is 11.4. The van der Waals surface area contributed by atoms with Gasteiger partial charge in [0.1, 0.15) is 5.75 Å². The first kappa shape index (κ1) is 12.3. The molecule has 0 bridgehead atoms. The number of benzene rings is 1. The molecule has 1 aromatic carbocycles. The molecular weight excluding hydrogens is 270 g/mol. The van der Waals surface area contributed by atoms with E-state index in [0.29, 0.717) is 18.3 Å². The van der Waals surface area contributed by atoms with Crippen molar-refractivity contribution in [2.45, 2.75) is 12.5 Å². The first-order valence-electron chi connectivity index (χ1n) is 6.99. The maximum Gasteiger partial charge on any atom is 0.277 e. The first-order chi connectivity index (χ1) is 10.3. The number of nitrogens with zero attached hydrogens (tertiary/aromatic N) is 3. The normalized spacial score (nSPS) is 17.0. The lowest BCUT2D eigenvalue weighted by Gasteiger charge is -2.26. The number of ether oxygens (including phenoxy) is 1. The van der Waals surface area contributed by atoms with Crippen molar-refractivity contribution in [2.24, 2.45) is 0 Å². The Hall–Kier alpha value is -2.41. The van der Waals surface area contributed by atoms with Crippen LogP contribution in [0.15, 0.2) is 24.4 Å². The molecule has 7 heteroatoms. The minimum atomic E-state index is -0.243. The van der Waals surface area contributed by atoms with Crippen LogP contribution in [0.4, 0.5) is 5.69 Å². The third kappa shape index (κ3) is 2.25. The highest BCUT2D eigenvalue weighted by Gasteiger charge is 2.22. The van der Waals surface area contributed by atoms with E-state index in [-0.39, 0.29) is 5.91 Å². The van der Waals surface area contributed by atoms with Crippen LogP contribution in [0, 0.1) is 0 Å². The smallest absolute Gasteiger partial charge is 0.277 e. The lowest BCUT2D eigenvalue weighted by atomic mass is 10.1. The Labute approximate surface area is 121 Å². The number of nitrogens with one attached hydrogen (secondary N) is 2. The number of carbonyl (C=O) groups excluding carboxylic acids is 1. The summed E-state index contributed by atoms with van der Waals surface area (Å²) in [5.41, 5.74) is 2.21. The molecular formula is C14H15N5O2. The molecule has 0 aliphatic carbocycles. The van der Waals surface area contributed by atoms with E-state index in [0.717, 1.165) is 36.5 Å². The molecule has 1 saturated heterocycles. The molecule has 0 radical (unpaired) electrons. The number of carbonyl (C=O) groups is 1. The van der Waals surface area contributed by atoms with Gasteiger partial charge in [-0.2, -0.15) is 0 Å². The van der Waals surface area contributed by atoms with E-state index in [4.69, 9.17) is 4.74 Å². The molecule has 1 aromatic heterocycles. The van der Waals surface area contributed by atoms with Crippen LogP contribution in [0.3, 0.4) is 0 Å². The van der Waals surface area contributed by atoms with E-state index < -0.39 is 0 Å². The van der Waals surface area contributed by atoms with Crippen molar-refractivity contribution in [1.82, 2.24) is 20.3 Å². The van der Waals surface area contributed by atoms with Gasteiger partial charge in [0.25, 0.3) is 5.91 Å². The predicted octanol–water partition coefficient (Wildman–Crippen LogP) is 0.610. The summed E-state index contributed by atoms with van der Waals surface area (Å²) in [5, 5.41) is 14.0. The fourth-order valence-corrected chi connectivity index (χ4v) is 2.48. The second-order valence-electron chi connectivity index (χ2n) is 5.27.